The van der Waals surface area contributed by atoms with Crippen LogP contribution >= 0.6 is 0 Å². The summed E-state index contributed by atoms with van der Waals surface area (Å²) in [6, 6.07) is 8.38. The van der Waals surface area contributed by atoms with Gasteiger partial charge in [0.1, 0.15) is 5.65 Å². The standard InChI is InChI=1S/C17H14N6/c1-2-15-16(21-9-20-15)6-10(1)11-5-12-13(14-3-4-22-23-14)8-19-17(12)18-7-11/h1-3,5-9,22-23H,4H2,(H,18,19)(H,20,21). The first kappa shape index (κ1) is 12.4. The van der Waals surface area contributed by atoms with Crippen LogP contribution in [0.1, 0.15) is 5.56 Å². The Morgan fingerprint density at radius 1 is 1.00 bits per heavy atom. The summed E-state index contributed by atoms with van der Waals surface area (Å²) in [6.45, 7) is 0.825. The molecule has 0 radical (unpaired) electrons. The second-order valence-electron chi connectivity index (χ2n) is 5.58. The zero-order chi connectivity index (χ0) is 15.2. The summed E-state index contributed by atoms with van der Waals surface area (Å²) in [7, 11) is 0. The number of nitrogens with one attached hydrogen (secondary N) is 4. The minimum atomic E-state index is 0.825. The lowest BCUT2D eigenvalue weighted by atomic mass is 10.0. The molecule has 4 N–H and O–H groups in total. The Labute approximate surface area is 131 Å². The van der Waals surface area contributed by atoms with E-state index in [1.165, 1.54) is 0 Å². The average molecular weight is 302 g/mol. The van der Waals surface area contributed by atoms with E-state index in [4.69, 9.17) is 0 Å². The van der Waals surface area contributed by atoms with E-state index in [9.17, 15) is 0 Å². The van der Waals surface area contributed by atoms with Crippen LogP contribution in [0.2, 0.25) is 0 Å². The molecule has 4 aromatic rings. The zero-order valence-electron chi connectivity index (χ0n) is 12.2. The van der Waals surface area contributed by atoms with Crippen molar-refractivity contribution in [2.24, 2.45) is 0 Å². The fraction of sp³-hybridized carbons (Fsp3) is 0.0588. The summed E-state index contributed by atoms with van der Waals surface area (Å²) < 4.78 is 0. The summed E-state index contributed by atoms with van der Waals surface area (Å²) in [5.41, 5.74) is 13.6. The summed E-state index contributed by atoms with van der Waals surface area (Å²) >= 11 is 0. The SMILES string of the molecule is C1=C(c2c[nH]c3ncc(-c4ccc5nc[nH]c5c4)cc23)NNC1. The molecule has 0 aliphatic carbocycles. The van der Waals surface area contributed by atoms with Crippen LogP contribution in [-0.2, 0) is 0 Å². The van der Waals surface area contributed by atoms with Crippen LogP contribution in [0.25, 0.3) is 38.9 Å². The highest BCUT2D eigenvalue weighted by molar-refractivity contribution is 5.93. The molecule has 6 heteroatoms. The first-order valence-corrected chi connectivity index (χ1v) is 7.48. The van der Waals surface area contributed by atoms with Crippen molar-refractivity contribution >= 4 is 27.8 Å². The number of aromatic amines is 2. The smallest absolute Gasteiger partial charge is 0.137 e. The number of imidazole rings is 1. The lowest BCUT2D eigenvalue weighted by Crippen LogP contribution is -2.22. The van der Waals surface area contributed by atoms with Gasteiger partial charge in [-0.1, -0.05) is 6.07 Å². The Morgan fingerprint density at radius 2 is 2.00 bits per heavy atom. The fourth-order valence-corrected chi connectivity index (χ4v) is 3.03. The molecule has 0 saturated heterocycles. The molecule has 6 nitrogen and oxygen atoms in total. The van der Waals surface area contributed by atoms with Gasteiger partial charge in [0.15, 0.2) is 0 Å². The minimum absolute atomic E-state index is 0.825. The van der Waals surface area contributed by atoms with Crippen LogP contribution in [0.3, 0.4) is 0 Å². The highest BCUT2D eigenvalue weighted by atomic mass is 15.4. The molecular formula is C17H14N6. The number of aromatic nitrogens is 4. The first-order chi connectivity index (χ1) is 11.4. The third kappa shape index (κ3) is 1.92. The lowest BCUT2D eigenvalue weighted by Gasteiger charge is -2.05. The first-order valence-electron chi connectivity index (χ1n) is 7.48. The van der Waals surface area contributed by atoms with Gasteiger partial charge in [0.25, 0.3) is 0 Å². The second-order valence-corrected chi connectivity index (χ2v) is 5.58. The Morgan fingerprint density at radius 3 is 2.91 bits per heavy atom. The molecule has 3 aromatic heterocycles. The molecule has 112 valence electrons. The molecule has 0 bridgehead atoms. The van der Waals surface area contributed by atoms with Crippen LogP contribution < -0.4 is 10.9 Å². The molecule has 0 spiro atoms. The van der Waals surface area contributed by atoms with Gasteiger partial charge in [0.2, 0.25) is 0 Å². The number of nitrogens with zero attached hydrogens (tertiary/aromatic N) is 2. The normalized spacial score (nSPS) is 14.3. The fourth-order valence-electron chi connectivity index (χ4n) is 3.03. The van der Waals surface area contributed by atoms with Gasteiger partial charge in [-0.15, -0.1) is 0 Å². The summed E-state index contributed by atoms with van der Waals surface area (Å²) in [6.07, 6.45) is 7.73. The van der Waals surface area contributed by atoms with Crippen molar-refractivity contribution in [1.82, 2.24) is 30.8 Å². The van der Waals surface area contributed by atoms with Gasteiger partial charge < -0.3 is 15.4 Å². The van der Waals surface area contributed by atoms with Crippen molar-refractivity contribution in [2.75, 3.05) is 6.54 Å². The zero-order valence-corrected chi connectivity index (χ0v) is 12.2. The third-order valence-corrected chi connectivity index (χ3v) is 4.21. The highest BCUT2D eigenvalue weighted by Crippen LogP contribution is 2.29. The average Bonchev–Trinajstić information content (AvgIpc) is 3.32. The number of hydrogen-bond donors (Lipinski definition) is 4. The number of hydrazine groups is 1. The van der Waals surface area contributed by atoms with E-state index < -0.39 is 0 Å². The molecule has 23 heavy (non-hydrogen) atoms. The molecule has 0 saturated carbocycles. The van der Waals surface area contributed by atoms with E-state index in [-0.39, 0.29) is 0 Å². The molecule has 0 atom stereocenters. The molecule has 0 amide bonds. The monoisotopic (exact) mass is 302 g/mol. The van der Waals surface area contributed by atoms with Gasteiger partial charge >= 0.3 is 0 Å². The number of benzene rings is 1. The van der Waals surface area contributed by atoms with Crippen molar-refractivity contribution < 1.29 is 0 Å². The molecule has 1 aromatic carbocycles. The largest absolute Gasteiger partial charge is 0.345 e. The topological polar surface area (TPSA) is 81.4 Å². The van der Waals surface area contributed by atoms with E-state index in [0.717, 1.165) is 51.0 Å². The van der Waals surface area contributed by atoms with Gasteiger partial charge in [-0.3, -0.25) is 0 Å². The van der Waals surface area contributed by atoms with Crippen LogP contribution in [0.15, 0.2) is 49.1 Å². The van der Waals surface area contributed by atoms with Crippen LogP contribution in [0.5, 0.6) is 0 Å². The summed E-state index contributed by atoms with van der Waals surface area (Å²) in [5, 5.41) is 1.11. The lowest BCUT2D eigenvalue weighted by molar-refractivity contribution is 0.739. The van der Waals surface area contributed by atoms with E-state index in [1.807, 2.05) is 18.5 Å². The van der Waals surface area contributed by atoms with E-state index in [2.05, 4.69) is 55.1 Å². The Hall–Kier alpha value is -3.12. The maximum Gasteiger partial charge on any atom is 0.137 e. The molecule has 5 rings (SSSR count). The third-order valence-electron chi connectivity index (χ3n) is 4.21. The quantitative estimate of drug-likeness (QED) is 0.459. The Balaban J connectivity index is 1.67. The van der Waals surface area contributed by atoms with Gasteiger partial charge in [-0.05, 0) is 29.8 Å². The Kier molecular flexibility index (Phi) is 2.53. The maximum atomic E-state index is 4.56. The number of rotatable bonds is 2. The maximum absolute atomic E-state index is 4.56. The van der Waals surface area contributed by atoms with Gasteiger partial charge in [0, 0.05) is 35.5 Å². The van der Waals surface area contributed by atoms with E-state index in [1.54, 1.807) is 6.33 Å². The number of H-pyrrole nitrogens is 2. The minimum Gasteiger partial charge on any atom is -0.345 e. The number of fused-ring (bicyclic) bond motifs is 2. The van der Waals surface area contributed by atoms with Crippen LogP contribution in [0.4, 0.5) is 0 Å². The molecule has 4 heterocycles. The molecular weight excluding hydrogens is 288 g/mol. The second kappa shape index (κ2) is 4.69. The molecule has 1 aliphatic heterocycles. The molecule has 0 fully saturated rings. The van der Waals surface area contributed by atoms with E-state index in [0.29, 0.717) is 0 Å². The van der Waals surface area contributed by atoms with Gasteiger partial charge in [-0.2, -0.15) is 0 Å². The Bertz CT molecular complexity index is 1060. The van der Waals surface area contributed by atoms with Crippen LogP contribution in [-0.4, -0.2) is 26.5 Å². The van der Waals surface area contributed by atoms with Crippen molar-refractivity contribution in [2.45, 2.75) is 0 Å². The summed E-state index contributed by atoms with van der Waals surface area (Å²) in [4.78, 5) is 15.2. The molecule has 0 unspecified atom stereocenters. The van der Waals surface area contributed by atoms with Crippen molar-refractivity contribution in [3.8, 4) is 11.1 Å². The van der Waals surface area contributed by atoms with Gasteiger partial charge in [-0.25, -0.2) is 15.4 Å². The molecule has 1 aliphatic rings. The number of hydrogen-bond acceptors (Lipinski definition) is 4. The van der Waals surface area contributed by atoms with E-state index >= 15 is 0 Å². The van der Waals surface area contributed by atoms with Crippen LogP contribution in [0, 0.1) is 0 Å². The van der Waals surface area contributed by atoms with Crippen molar-refractivity contribution in [3.63, 3.8) is 0 Å². The predicted molar refractivity (Wildman–Crippen MR) is 90.3 cm³/mol. The highest BCUT2D eigenvalue weighted by Gasteiger charge is 2.13. The summed E-state index contributed by atoms with van der Waals surface area (Å²) in [5.74, 6) is 0. The van der Waals surface area contributed by atoms with Crippen molar-refractivity contribution in [1.29, 1.82) is 0 Å². The van der Waals surface area contributed by atoms with Crippen molar-refractivity contribution in [3.05, 3.63) is 54.6 Å². The number of pyridine rings is 1. The van der Waals surface area contributed by atoms with Gasteiger partial charge in [0.05, 0.1) is 23.1 Å². The predicted octanol–water partition coefficient (Wildman–Crippen LogP) is 2.55.